The highest BCUT2D eigenvalue weighted by Gasteiger charge is 2.85. The second kappa shape index (κ2) is 8.98. The fourth-order valence-corrected chi connectivity index (χ4v) is 8.66. The first kappa shape index (κ1) is 26.8. The second-order valence-electron chi connectivity index (χ2n) is 12.0. The molecule has 1 unspecified atom stereocenters. The van der Waals surface area contributed by atoms with Gasteiger partial charge < -0.3 is 48.8 Å². The van der Waals surface area contributed by atoms with Gasteiger partial charge in [-0.25, -0.2) is 4.79 Å². The third kappa shape index (κ3) is 3.11. The Morgan fingerprint density at radius 1 is 1.18 bits per heavy atom. The molecule has 14 atom stereocenters. The van der Waals surface area contributed by atoms with Crippen LogP contribution in [0.3, 0.4) is 0 Å². The van der Waals surface area contributed by atoms with E-state index in [4.69, 9.17) is 28.4 Å². The zero-order valence-corrected chi connectivity index (χ0v) is 22.9. The molecule has 12 heteroatoms. The molecule has 40 heavy (non-hydrogen) atoms. The number of nitrogens with zero attached hydrogens (tertiary/aromatic N) is 1. The molecule has 0 aliphatic carbocycles. The van der Waals surface area contributed by atoms with Crippen molar-refractivity contribution in [2.24, 2.45) is 17.8 Å². The molecule has 4 N–H and O–H groups in total. The van der Waals surface area contributed by atoms with Crippen molar-refractivity contribution in [3.05, 3.63) is 35.0 Å². The smallest absolute Gasteiger partial charge is 0.343 e. The highest BCUT2D eigenvalue weighted by atomic mass is 16.7. The van der Waals surface area contributed by atoms with E-state index in [1.165, 1.54) is 7.11 Å². The summed E-state index contributed by atoms with van der Waals surface area (Å²) in [5.41, 5.74) is -0.124. The Balaban J connectivity index is 1.26. The van der Waals surface area contributed by atoms with E-state index in [0.29, 0.717) is 29.3 Å². The van der Waals surface area contributed by atoms with Gasteiger partial charge in [-0.3, -0.25) is 4.90 Å². The predicted molar refractivity (Wildman–Crippen MR) is 133 cm³/mol. The third-order valence-corrected chi connectivity index (χ3v) is 10.2. The average Bonchev–Trinajstić information content (AvgIpc) is 3.64. The average molecular weight is 564 g/mol. The van der Waals surface area contributed by atoms with Crippen molar-refractivity contribution in [3.8, 4) is 0 Å². The van der Waals surface area contributed by atoms with Crippen molar-refractivity contribution in [1.29, 1.82) is 0 Å². The van der Waals surface area contributed by atoms with Crippen LogP contribution in [-0.4, -0.2) is 105 Å². The number of aliphatic hydroxyl groups excluding tert-OH is 4. The fourth-order valence-electron chi connectivity index (χ4n) is 8.66. The molecule has 0 radical (unpaired) electrons. The van der Waals surface area contributed by atoms with Gasteiger partial charge in [-0.2, -0.15) is 0 Å². The van der Waals surface area contributed by atoms with Crippen LogP contribution < -0.4 is 0 Å². The fraction of sp³-hybridized carbons (Fsp3) is 0.750. The van der Waals surface area contributed by atoms with Crippen LogP contribution in [0, 0.1) is 17.8 Å². The number of ether oxygens (including phenoxy) is 6. The molecule has 5 bridgehead atoms. The second-order valence-corrected chi connectivity index (χ2v) is 12.0. The maximum atomic E-state index is 12.4. The van der Waals surface area contributed by atoms with Gasteiger partial charge in [0.25, 0.3) is 0 Å². The van der Waals surface area contributed by atoms with Crippen molar-refractivity contribution in [2.45, 2.75) is 100 Å². The highest BCUT2D eigenvalue weighted by Crippen LogP contribution is 2.74. The summed E-state index contributed by atoms with van der Waals surface area (Å²) < 4.78 is 36.9. The Bertz CT molecular complexity index is 1200. The lowest BCUT2D eigenvalue weighted by atomic mass is 9.71. The van der Waals surface area contributed by atoms with E-state index in [2.05, 4.69) is 30.9 Å². The minimum Gasteiger partial charge on any atom is -0.492 e. The van der Waals surface area contributed by atoms with Gasteiger partial charge >= 0.3 is 5.97 Å². The molecular formula is C28H37NO11. The quantitative estimate of drug-likeness (QED) is 0.254. The number of aliphatic hydroxyl groups is 4. The number of carbonyl (C=O) groups excluding carboxylic acids is 1. The van der Waals surface area contributed by atoms with Gasteiger partial charge in [0.2, 0.25) is 11.5 Å². The van der Waals surface area contributed by atoms with Crippen molar-refractivity contribution in [2.75, 3.05) is 13.7 Å². The number of hydrogen-bond donors (Lipinski definition) is 4. The van der Waals surface area contributed by atoms with Gasteiger partial charge in [0.15, 0.2) is 12.0 Å². The first-order chi connectivity index (χ1) is 19.1. The first-order valence-electron chi connectivity index (χ1n) is 14.1. The molecule has 0 aromatic carbocycles. The van der Waals surface area contributed by atoms with Gasteiger partial charge in [-0.05, 0) is 26.2 Å². The maximum Gasteiger partial charge on any atom is 0.343 e. The Morgan fingerprint density at radius 2 is 1.95 bits per heavy atom. The van der Waals surface area contributed by atoms with Crippen LogP contribution in [0.2, 0.25) is 0 Å². The Morgan fingerprint density at radius 3 is 2.65 bits per heavy atom. The number of esters is 1. The molecule has 7 aliphatic heterocycles. The number of cyclic esters (lactones) is 1. The molecule has 0 aromatic heterocycles. The Kier molecular flexibility index (Phi) is 6.03. The van der Waals surface area contributed by atoms with Gasteiger partial charge in [0.05, 0.1) is 42.8 Å². The molecule has 0 saturated carbocycles. The van der Waals surface area contributed by atoms with Crippen LogP contribution in [0.5, 0.6) is 0 Å². The molecule has 7 heterocycles. The molecule has 6 fully saturated rings. The van der Waals surface area contributed by atoms with E-state index in [-0.39, 0.29) is 29.9 Å². The summed E-state index contributed by atoms with van der Waals surface area (Å²) in [6.45, 7) is 5.26. The zero-order valence-electron chi connectivity index (χ0n) is 22.9. The van der Waals surface area contributed by atoms with Crippen molar-refractivity contribution >= 4 is 5.97 Å². The summed E-state index contributed by atoms with van der Waals surface area (Å²) in [4.78, 5) is 14.7. The van der Waals surface area contributed by atoms with E-state index >= 15 is 0 Å². The highest BCUT2D eigenvalue weighted by molar-refractivity contribution is 5.93. The standard InChI is InChI=1S/C28H37NO11/c1-5-6-7-27-15-9-17(37-26-21(33)20(32)19(31)14(10-30)36-26)29(27)13-8-16(27)39-28(15)18(13)11(2)23(40-28)24-22(35-4)12(3)25(34)38-24/h6-7,11,13-21,26,30-33H,5,8-10H2,1-4H3/b7-6+,24-23-/t11-,13+,14+,15+,16-,17+,18-,19+,20-,21+,26-,27+,28+/m0/s1. The molecule has 12 nitrogen and oxygen atoms in total. The van der Waals surface area contributed by atoms with Crippen LogP contribution in [0.15, 0.2) is 35.0 Å². The molecule has 1 spiro atoms. The largest absolute Gasteiger partial charge is 0.492 e. The molecule has 7 rings (SSSR count). The molecule has 6 saturated heterocycles. The molecule has 220 valence electrons. The van der Waals surface area contributed by atoms with Crippen molar-refractivity contribution < 1.29 is 53.6 Å². The molecule has 7 aliphatic rings. The lowest BCUT2D eigenvalue weighted by Gasteiger charge is -2.48. The van der Waals surface area contributed by atoms with Gasteiger partial charge in [-0.15, -0.1) is 0 Å². The lowest BCUT2D eigenvalue weighted by Crippen LogP contribution is -2.63. The number of methoxy groups -OCH3 is 1. The maximum absolute atomic E-state index is 12.4. The minimum atomic E-state index is -1.52. The van der Waals surface area contributed by atoms with E-state index in [0.717, 1.165) is 12.8 Å². The SMILES string of the molecule is CC/C=C/[C@]12[C@@H]3C[C@@H]4[C@@H]5[C@H](C)/C(=C6/OC(=O)C(C)=C6OC)O[C@]5(O3)[C@@H]1C[C@@H](O[C@@H]1O[C@H](CO)[C@@H](O)[C@H](O)[C@H]1O)N42. The van der Waals surface area contributed by atoms with Gasteiger partial charge in [0.1, 0.15) is 36.4 Å². The Labute approximate surface area is 231 Å². The molecular weight excluding hydrogens is 526 g/mol. The van der Waals surface area contributed by atoms with Crippen molar-refractivity contribution in [3.63, 3.8) is 0 Å². The van der Waals surface area contributed by atoms with E-state index in [9.17, 15) is 25.2 Å². The predicted octanol–water partition coefficient (Wildman–Crippen LogP) is 0.00820. The van der Waals surface area contributed by atoms with E-state index < -0.39 is 60.8 Å². The van der Waals surface area contributed by atoms with Crippen LogP contribution in [0.1, 0.15) is 40.0 Å². The number of allylic oxidation sites excluding steroid dienone is 2. The van der Waals surface area contributed by atoms with Crippen LogP contribution in [-0.2, 0) is 33.2 Å². The first-order valence-corrected chi connectivity index (χ1v) is 14.1. The van der Waals surface area contributed by atoms with Gasteiger partial charge in [0, 0.05) is 12.0 Å². The summed E-state index contributed by atoms with van der Waals surface area (Å²) in [7, 11) is 1.50. The number of carbonyl (C=O) groups is 1. The summed E-state index contributed by atoms with van der Waals surface area (Å²) >= 11 is 0. The summed E-state index contributed by atoms with van der Waals surface area (Å²) in [5.74, 6) is -0.609. The van der Waals surface area contributed by atoms with Gasteiger partial charge in [-0.1, -0.05) is 26.0 Å². The molecule has 0 aromatic rings. The van der Waals surface area contributed by atoms with E-state index in [1.54, 1.807) is 6.92 Å². The van der Waals surface area contributed by atoms with Crippen LogP contribution in [0.4, 0.5) is 0 Å². The van der Waals surface area contributed by atoms with Crippen LogP contribution in [0.25, 0.3) is 0 Å². The van der Waals surface area contributed by atoms with Crippen LogP contribution >= 0.6 is 0 Å². The monoisotopic (exact) mass is 563 g/mol. The Hall–Kier alpha value is -2.03. The third-order valence-electron chi connectivity index (χ3n) is 10.2. The topological polar surface area (TPSA) is 157 Å². The van der Waals surface area contributed by atoms with Crippen molar-refractivity contribution in [1.82, 2.24) is 4.90 Å². The lowest BCUT2D eigenvalue weighted by molar-refractivity contribution is -0.323. The molecule has 0 amide bonds. The summed E-state index contributed by atoms with van der Waals surface area (Å²) in [6.07, 6.45) is -1.04. The summed E-state index contributed by atoms with van der Waals surface area (Å²) in [6, 6.07) is -0.0184. The minimum absolute atomic E-state index is 0.0184. The normalized spacial score (nSPS) is 54.0. The number of piperidine rings is 1. The summed E-state index contributed by atoms with van der Waals surface area (Å²) in [5, 5.41) is 40.9. The number of hydrogen-bond acceptors (Lipinski definition) is 12. The van der Waals surface area contributed by atoms with E-state index in [1.807, 2.05) is 0 Å². The number of rotatable bonds is 6. The number of fused-ring (bicyclic) bond motifs is 1. The zero-order chi connectivity index (χ0) is 28.3.